The van der Waals surface area contributed by atoms with E-state index in [2.05, 4.69) is 27.7 Å². The molecule has 1 atom stereocenters. The molecular weight excluding hydrogens is 196 g/mol. The molecule has 1 unspecified atom stereocenters. The van der Waals surface area contributed by atoms with Gasteiger partial charge in [0.15, 0.2) is 0 Å². The summed E-state index contributed by atoms with van der Waals surface area (Å²) in [4.78, 5) is 0. The molecule has 0 saturated carbocycles. The molecule has 2 rings (SSSR count). The van der Waals surface area contributed by atoms with Gasteiger partial charge in [0.25, 0.3) is 0 Å². The number of benzene rings is 1. The van der Waals surface area contributed by atoms with Gasteiger partial charge in [-0.15, -0.1) is 9.24 Å². The van der Waals surface area contributed by atoms with Crippen molar-refractivity contribution in [2.75, 3.05) is 0 Å². The molecule has 1 nitrogen and oxygen atoms in total. The van der Waals surface area contributed by atoms with Gasteiger partial charge in [-0.25, -0.2) is 4.39 Å². The van der Waals surface area contributed by atoms with Crippen LogP contribution < -0.4 is 5.30 Å². The lowest BCUT2D eigenvalue weighted by Gasteiger charge is -2.09. The molecule has 0 saturated heterocycles. The second kappa shape index (κ2) is 3.36. The van der Waals surface area contributed by atoms with Crippen molar-refractivity contribution < 1.29 is 4.39 Å². The summed E-state index contributed by atoms with van der Waals surface area (Å²) in [7, 11) is 2.53. The van der Waals surface area contributed by atoms with E-state index in [0.29, 0.717) is 11.4 Å². The van der Waals surface area contributed by atoms with Gasteiger partial charge in [0.05, 0.1) is 5.52 Å². The quantitative estimate of drug-likeness (QED) is 0.636. The average Bonchev–Trinajstić information content (AvgIpc) is 2.47. The van der Waals surface area contributed by atoms with Crippen molar-refractivity contribution in [2.45, 2.75) is 19.9 Å². The van der Waals surface area contributed by atoms with Gasteiger partial charge >= 0.3 is 0 Å². The van der Waals surface area contributed by atoms with Gasteiger partial charge in [0.1, 0.15) is 5.82 Å². The monoisotopic (exact) mass is 209 g/mol. The molecule has 0 radical (unpaired) electrons. The first-order valence-electron chi connectivity index (χ1n) is 4.65. The van der Waals surface area contributed by atoms with E-state index < -0.39 is 0 Å². The summed E-state index contributed by atoms with van der Waals surface area (Å²) >= 11 is 0. The summed E-state index contributed by atoms with van der Waals surface area (Å²) < 4.78 is 15.6. The summed E-state index contributed by atoms with van der Waals surface area (Å²) in [6.45, 7) is 4.18. The highest BCUT2D eigenvalue weighted by atomic mass is 31.0. The van der Waals surface area contributed by atoms with Crippen LogP contribution in [0.4, 0.5) is 4.39 Å². The van der Waals surface area contributed by atoms with Crippen LogP contribution in [0.5, 0.6) is 0 Å². The van der Waals surface area contributed by atoms with Crippen molar-refractivity contribution in [3.63, 3.8) is 0 Å². The van der Waals surface area contributed by atoms with Crippen LogP contribution in [0.3, 0.4) is 0 Å². The van der Waals surface area contributed by atoms with Gasteiger partial charge in [-0.2, -0.15) is 0 Å². The second-order valence-electron chi connectivity index (χ2n) is 3.75. The Hall–Kier alpha value is -0.880. The van der Waals surface area contributed by atoms with E-state index in [1.54, 1.807) is 0 Å². The molecule has 0 aliphatic rings. The van der Waals surface area contributed by atoms with Gasteiger partial charge in [0.2, 0.25) is 0 Å². The lowest BCUT2D eigenvalue weighted by Crippen LogP contribution is -2.01. The zero-order valence-corrected chi connectivity index (χ0v) is 9.44. The molecule has 0 N–H and O–H groups in total. The molecule has 0 aliphatic carbocycles. The number of nitrogens with zero attached hydrogens (tertiary/aromatic N) is 1. The highest BCUT2D eigenvalue weighted by Gasteiger charge is 2.08. The summed E-state index contributed by atoms with van der Waals surface area (Å²) in [6.07, 6.45) is 1.93. The summed E-state index contributed by atoms with van der Waals surface area (Å²) in [5.74, 6) is -0.146. The molecular formula is C11H13FNP. The fraction of sp³-hybridized carbons (Fsp3) is 0.273. The molecule has 1 aromatic heterocycles. The van der Waals surface area contributed by atoms with Crippen molar-refractivity contribution in [1.82, 2.24) is 4.57 Å². The Labute approximate surface area is 85.1 Å². The largest absolute Gasteiger partial charge is 0.345 e. The van der Waals surface area contributed by atoms with Crippen LogP contribution in [-0.2, 0) is 0 Å². The molecule has 2 aromatic rings. The van der Waals surface area contributed by atoms with Crippen molar-refractivity contribution in [1.29, 1.82) is 0 Å². The Morgan fingerprint density at radius 2 is 2.07 bits per heavy atom. The van der Waals surface area contributed by atoms with E-state index in [4.69, 9.17) is 0 Å². The molecule has 1 aromatic carbocycles. The van der Waals surface area contributed by atoms with Crippen LogP contribution in [0.2, 0.25) is 0 Å². The average molecular weight is 209 g/mol. The maximum absolute atomic E-state index is 13.5. The Balaban J connectivity index is 2.78. The zero-order chi connectivity index (χ0) is 10.3. The topological polar surface area (TPSA) is 4.93 Å². The summed E-state index contributed by atoms with van der Waals surface area (Å²) in [5.41, 5.74) is 0.963. The third kappa shape index (κ3) is 1.44. The van der Waals surface area contributed by atoms with E-state index in [9.17, 15) is 4.39 Å². The smallest absolute Gasteiger partial charge is 0.133 e. The van der Waals surface area contributed by atoms with Gasteiger partial charge in [0, 0.05) is 17.6 Å². The van der Waals surface area contributed by atoms with Crippen LogP contribution in [0.1, 0.15) is 19.9 Å². The van der Waals surface area contributed by atoms with Crippen LogP contribution >= 0.6 is 9.24 Å². The van der Waals surface area contributed by atoms with Crippen molar-refractivity contribution in [3.05, 3.63) is 30.2 Å². The lowest BCUT2D eigenvalue weighted by atomic mass is 10.2. The van der Waals surface area contributed by atoms with Gasteiger partial charge in [-0.05, 0) is 37.4 Å². The van der Waals surface area contributed by atoms with E-state index in [0.717, 1.165) is 10.8 Å². The van der Waals surface area contributed by atoms with E-state index in [1.165, 1.54) is 6.07 Å². The summed E-state index contributed by atoms with van der Waals surface area (Å²) in [5, 5.41) is 1.58. The van der Waals surface area contributed by atoms with Crippen molar-refractivity contribution >= 4 is 25.4 Å². The Morgan fingerprint density at radius 1 is 1.36 bits per heavy atom. The molecule has 3 heteroatoms. The van der Waals surface area contributed by atoms with E-state index >= 15 is 0 Å². The maximum atomic E-state index is 13.5. The predicted octanol–water partition coefficient (Wildman–Crippen LogP) is 2.86. The van der Waals surface area contributed by atoms with Crippen molar-refractivity contribution in [3.8, 4) is 0 Å². The third-order valence-electron chi connectivity index (χ3n) is 2.37. The minimum Gasteiger partial charge on any atom is -0.345 e. The summed E-state index contributed by atoms with van der Waals surface area (Å²) in [6, 6.07) is 5.72. The Morgan fingerprint density at radius 3 is 2.71 bits per heavy atom. The van der Waals surface area contributed by atoms with Crippen LogP contribution in [0.15, 0.2) is 24.4 Å². The first-order chi connectivity index (χ1) is 6.59. The minimum atomic E-state index is -0.146. The number of halogens is 1. The highest BCUT2D eigenvalue weighted by Crippen LogP contribution is 2.22. The molecule has 0 spiro atoms. The highest BCUT2D eigenvalue weighted by molar-refractivity contribution is 7.27. The Bertz CT molecular complexity index is 473. The minimum absolute atomic E-state index is 0.146. The molecule has 1 heterocycles. The van der Waals surface area contributed by atoms with Gasteiger partial charge in [-0.1, -0.05) is 0 Å². The molecule has 0 amide bonds. The fourth-order valence-corrected chi connectivity index (χ4v) is 1.99. The number of fused-ring (bicyclic) bond motifs is 1. The molecule has 14 heavy (non-hydrogen) atoms. The number of aromatic nitrogens is 1. The van der Waals surface area contributed by atoms with Gasteiger partial charge in [-0.3, -0.25) is 0 Å². The number of rotatable bonds is 1. The molecule has 0 aliphatic heterocycles. The predicted molar refractivity (Wildman–Crippen MR) is 61.6 cm³/mol. The zero-order valence-electron chi connectivity index (χ0n) is 8.29. The standard InChI is InChI=1S/C11H13FNP/c1-7(2)13-4-3-9-10(12)5-8(14)6-11(9)13/h3-7H,14H2,1-2H3. The first kappa shape index (κ1) is 9.67. The molecule has 0 fully saturated rings. The Kier molecular flexibility index (Phi) is 2.32. The lowest BCUT2D eigenvalue weighted by molar-refractivity contribution is 0.620. The van der Waals surface area contributed by atoms with E-state index in [-0.39, 0.29) is 5.82 Å². The van der Waals surface area contributed by atoms with Crippen molar-refractivity contribution in [2.24, 2.45) is 0 Å². The van der Waals surface area contributed by atoms with E-state index in [1.807, 2.05) is 18.3 Å². The van der Waals surface area contributed by atoms with Crippen LogP contribution in [0, 0.1) is 5.82 Å². The number of hydrogen-bond donors (Lipinski definition) is 0. The third-order valence-corrected chi connectivity index (χ3v) is 2.70. The fourth-order valence-electron chi connectivity index (χ4n) is 1.69. The SMILES string of the molecule is CC(C)n1ccc2c(F)cc(P)cc21. The first-order valence-corrected chi connectivity index (χ1v) is 5.23. The number of hydrogen-bond acceptors (Lipinski definition) is 0. The maximum Gasteiger partial charge on any atom is 0.133 e. The molecule has 74 valence electrons. The normalized spacial score (nSPS) is 11.5. The van der Waals surface area contributed by atoms with Crippen LogP contribution in [-0.4, -0.2) is 4.57 Å². The second-order valence-corrected chi connectivity index (χ2v) is 4.42. The molecule has 0 bridgehead atoms. The van der Waals surface area contributed by atoms with Gasteiger partial charge < -0.3 is 4.57 Å². The van der Waals surface area contributed by atoms with Crippen LogP contribution in [0.25, 0.3) is 10.9 Å².